The van der Waals surface area contributed by atoms with Crippen molar-refractivity contribution in [3.05, 3.63) is 64.7 Å². The zero-order valence-corrected chi connectivity index (χ0v) is 18.0. The highest BCUT2D eigenvalue weighted by Gasteiger charge is 2.17. The lowest BCUT2D eigenvalue weighted by Crippen LogP contribution is -2.27. The van der Waals surface area contributed by atoms with Crippen molar-refractivity contribution in [3.63, 3.8) is 0 Å². The number of aryl methyl sites for hydroxylation is 1. The molecular formula is C24H31F2NO3. The summed E-state index contributed by atoms with van der Waals surface area (Å²) in [6.45, 7) is 7.03. The maximum absolute atomic E-state index is 14.5. The van der Waals surface area contributed by atoms with E-state index in [0.29, 0.717) is 24.6 Å². The SMILES string of the molecule is CCC(CC)COc1cccc(CN(CCC(=O)O)Cc2c(F)ccc(C)c2F)c1. The van der Waals surface area contributed by atoms with Gasteiger partial charge in [0.2, 0.25) is 0 Å². The van der Waals surface area contributed by atoms with Gasteiger partial charge in [-0.15, -0.1) is 0 Å². The molecule has 6 heteroatoms. The Morgan fingerprint density at radius 3 is 2.53 bits per heavy atom. The van der Waals surface area contributed by atoms with Gasteiger partial charge in [-0.2, -0.15) is 0 Å². The molecule has 0 saturated heterocycles. The van der Waals surface area contributed by atoms with Crippen LogP contribution in [-0.2, 0) is 17.9 Å². The van der Waals surface area contributed by atoms with Crippen LogP contribution in [0.15, 0.2) is 36.4 Å². The zero-order valence-electron chi connectivity index (χ0n) is 18.0. The molecule has 2 aromatic rings. The lowest BCUT2D eigenvalue weighted by molar-refractivity contribution is -0.137. The number of nitrogens with zero attached hydrogens (tertiary/aromatic N) is 1. The zero-order chi connectivity index (χ0) is 22.1. The van der Waals surface area contributed by atoms with Gasteiger partial charge in [-0.05, 0) is 42.2 Å². The summed E-state index contributed by atoms with van der Waals surface area (Å²) < 4.78 is 34.6. The number of carboxylic acids is 1. The Morgan fingerprint density at radius 2 is 1.87 bits per heavy atom. The molecule has 0 aliphatic heterocycles. The Balaban J connectivity index is 2.16. The third kappa shape index (κ3) is 7.10. The van der Waals surface area contributed by atoms with Crippen molar-refractivity contribution < 1.29 is 23.4 Å². The van der Waals surface area contributed by atoms with Crippen LogP contribution in [0.5, 0.6) is 5.75 Å². The van der Waals surface area contributed by atoms with E-state index in [1.807, 2.05) is 24.3 Å². The molecule has 0 fully saturated rings. The van der Waals surface area contributed by atoms with Gasteiger partial charge < -0.3 is 9.84 Å². The molecule has 0 atom stereocenters. The van der Waals surface area contributed by atoms with E-state index in [2.05, 4.69) is 13.8 Å². The quantitative estimate of drug-likeness (QED) is 0.489. The first-order chi connectivity index (χ1) is 14.3. The van der Waals surface area contributed by atoms with Crippen LogP contribution in [0.2, 0.25) is 0 Å². The predicted molar refractivity (Wildman–Crippen MR) is 113 cm³/mol. The fraction of sp³-hybridized carbons (Fsp3) is 0.458. The van der Waals surface area contributed by atoms with Gasteiger partial charge >= 0.3 is 5.97 Å². The normalized spacial score (nSPS) is 11.3. The standard InChI is InChI=1S/C24H31F2NO3/c1-4-18(5-2)16-30-20-8-6-7-19(13-20)14-27(12-11-23(28)29)15-21-22(25)10-9-17(3)24(21)26/h6-10,13,18H,4-5,11-12,14-16H2,1-3H3,(H,28,29). The number of carboxylic acid groups (broad SMARTS) is 1. The van der Waals surface area contributed by atoms with Crippen LogP contribution in [-0.4, -0.2) is 29.1 Å². The highest BCUT2D eigenvalue weighted by atomic mass is 19.1. The molecule has 1 N–H and O–H groups in total. The van der Waals surface area contributed by atoms with Gasteiger partial charge in [0.1, 0.15) is 17.4 Å². The van der Waals surface area contributed by atoms with Crippen LogP contribution in [0, 0.1) is 24.5 Å². The lowest BCUT2D eigenvalue weighted by atomic mass is 10.1. The van der Waals surface area contributed by atoms with Crippen molar-refractivity contribution in [2.24, 2.45) is 5.92 Å². The first kappa shape index (κ1) is 23.8. The van der Waals surface area contributed by atoms with Crippen LogP contribution < -0.4 is 4.74 Å². The molecule has 0 unspecified atom stereocenters. The van der Waals surface area contributed by atoms with Gasteiger partial charge in [0.05, 0.1) is 13.0 Å². The second-order valence-electron chi connectivity index (χ2n) is 7.65. The van der Waals surface area contributed by atoms with Crippen molar-refractivity contribution in [2.75, 3.05) is 13.2 Å². The molecule has 0 aliphatic carbocycles. The maximum Gasteiger partial charge on any atom is 0.304 e. The van der Waals surface area contributed by atoms with Crippen molar-refractivity contribution >= 4 is 5.97 Å². The number of carbonyl (C=O) groups is 1. The monoisotopic (exact) mass is 419 g/mol. The minimum Gasteiger partial charge on any atom is -0.493 e. The average Bonchev–Trinajstić information content (AvgIpc) is 2.73. The number of benzene rings is 2. The number of halogens is 2. The number of hydrogen-bond acceptors (Lipinski definition) is 3. The molecule has 164 valence electrons. The Hall–Kier alpha value is -2.47. The van der Waals surface area contributed by atoms with Crippen molar-refractivity contribution in [2.45, 2.75) is 53.1 Å². The first-order valence-electron chi connectivity index (χ1n) is 10.4. The molecular weight excluding hydrogens is 388 g/mol. The number of aliphatic carboxylic acids is 1. The van der Waals surface area contributed by atoms with E-state index in [0.717, 1.165) is 24.2 Å². The van der Waals surface area contributed by atoms with Crippen LogP contribution >= 0.6 is 0 Å². The molecule has 2 aromatic carbocycles. The minimum atomic E-state index is -0.951. The van der Waals surface area contributed by atoms with Crippen LogP contribution in [0.3, 0.4) is 0 Å². The van der Waals surface area contributed by atoms with Crippen molar-refractivity contribution in [1.29, 1.82) is 0 Å². The Morgan fingerprint density at radius 1 is 1.13 bits per heavy atom. The summed E-state index contributed by atoms with van der Waals surface area (Å²) in [6.07, 6.45) is 1.99. The predicted octanol–water partition coefficient (Wildman–Crippen LogP) is 5.57. The Labute approximate surface area is 177 Å². The summed E-state index contributed by atoms with van der Waals surface area (Å²) in [6, 6.07) is 10.2. The largest absolute Gasteiger partial charge is 0.493 e. The molecule has 0 bridgehead atoms. The molecule has 0 saturated carbocycles. The van der Waals surface area contributed by atoms with Crippen LogP contribution in [0.25, 0.3) is 0 Å². The third-order valence-electron chi connectivity index (χ3n) is 5.35. The summed E-state index contributed by atoms with van der Waals surface area (Å²) in [7, 11) is 0. The van der Waals surface area contributed by atoms with Gasteiger partial charge in [0.15, 0.2) is 0 Å². The van der Waals surface area contributed by atoms with Gasteiger partial charge in [-0.25, -0.2) is 8.78 Å². The fourth-order valence-corrected chi connectivity index (χ4v) is 3.28. The summed E-state index contributed by atoms with van der Waals surface area (Å²) in [5, 5.41) is 9.07. The Bertz CT molecular complexity index is 837. The molecule has 0 heterocycles. The summed E-state index contributed by atoms with van der Waals surface area (Å²) in [5.41, 5.74) is 1.22. The van der Waals surface area contributed by atoms with E-state index in [9.17, 15) is 13.6 Å². The van der Waals surface area contributed by atoms with Gasteiger partial charge in [-0.1, -0.05) is 44.9 Å². The maximum atomic E-state index is 14.5. The highest BCUT2D eigenvalue weighted by Crippen LogP contribution is 2.22. The van der Waals surface area contributed by atoms with Gasteiger partial charge in [-0.3, -0.25) is 9.69 Å². The molecule has 30 heavy (non-hydrogen) atoms. The number of hydrogen-bond donors (Lipinski definition) is 1. The second kappa shape index (κ2) is 11.6. The molecule has 4 nitrogen and oxygen atoms in total. The van der Waals surface area contributed by atoms with E-state index in [-0.39, 0.29) is 25.1 Å². The number of rotatable bonds is 12. The highest BCUT2D eigenvalue weighted by molar-refractivity contribution is 5.66. The molecule has 0 aliphatic rings. The molecule has 0 spiro atoms. The summed E-state index contributed by atoms with van der Waals surface area (Å²) in [4.78, 5) is 12.8. The smallest absolute Gasteiger partial charge is 0.304 e. The van der Waals surface area contributed by atoms with E-state index in [4.69, 9.17) is 9.84 Å². The molecule has 2 rings (SSSR count). The summed E-state index contributed by atoms with van der Waals surface area (Å²) >= 11 is 0. The van der Waals surface area contributed by atoms with E-state index in [1.54, 1.807) is 11.8 Å². The first-order valence-corrected chi connectivity index (χ1v) is 10.4. The molecule has 0 aromatic heterocycles. The topological polar surface area (TPSA) is 49.8 Å². The van der Waals surface area contributed by atoms with Crippen LogP contribution in [0.4, 0.5) is 8.78 Å². The minimum absolute atomic E-state index is 0.00848. The molecule has 0 amide bonds. The van der Waals surface area contributed by atoms with E-state index in [1.165, 1.54) is 12.1 Å². The fourth-order valence-electron chi connectivity index (χ4n) is 3.28. The van der Waals surface area contributed by atoms with Crippen LogP contribution in [0.1, 0.15) is 49.8 Å². The Kier molecular flexibility index (Phi) is 9.24. The van der Waals surface area contributed by atoms with Gasteiger partial charge in [0.25, 0.3) is 0 Å². The third-order valence-corrected chi connectivity index (χ3v) is 5.35. The lowest BCUT2D eigenvalue weighted by Gasteiger charge is -2.23. The number of ether oxygens (including phenoxy) is 1. The van der Waals surface area contributed by atoms with Gasteiger partial charge in [0, 0.05) is 25.2 Å². The molecule has 0 radical (unpaired) electrons. The average molecular weight is 420 g/mol. The van der Waals surface area contributed by atoms with E-state index >= 15 is 0 Å². The van der Waals surface area contributed by atoms with Crippen molar-refractivity contribution in [1.82, 2.24) is 4.90 Å². The summed E-state index contributed by atoms with van der Waals surface area (Å²) in [5.74, 6) is -0.927. The van der Waals surface area contributed by atoms with Crippen molar-refractivity contribution in [3.8, 4) is 5.75 Å². The second-order valence-corrected chi connectivity index (χ2v) is 7.65. The van der Waals surface area contributed by atoms with E-state index < -0.39 is 17.6 Å².